The van der Waals surface area contributed by atoms with E-state index in [2.05, 4.69) is 0 Å². The van der Waals surface area contributed by atoms with E-state index < -0.39 is 0 Å². The zero-order valence-electron chi connectivity index (χ0n) is 11.6. The van der Waals surface area contributed by atoms with Crippen LogP contribution in [-0.2, 0) is 16.1 Å². The number of allylic oxidation sites excluding steroid dienone is 1. The highest BCUT2D eigenvalue weighted by Gasteiger charge is 2.22. The molecule has 2 aromatic rings. The van der Waals surface area contributed by atoms with E-state index in [0.717, 1.165) is 16.9 Å². The summed E-state index contributed by atoms with van der Waals surface area (Å²) in [7, 11) is 0. The zero-order valence-corrected chi connectivity index (χ0v) is 11.6. The summed E-state index contributed by atoms with van der Waals surface area (Å²) in [6, 6.07) is 17.7. The van der Waals surface area contributed by atoms with Gasteiger partial charge in [0.1, 0.15) is 18.5 Å². The molecule has 1 atom stereocenters. The second kappa shape index (κ2) is 6.27. The normalized spacial score (nSPS) is 17.3. The standard InChI is InChI=1S/C18H16O3/c19-15-10-11-20-18(12-15)16-8-4-5-9-17(16)21-13-14-6-2-1-3-7-14/h1-11,18H,12-13H2/t18-/m0/s1. The number of benzene rings is 2. The van der Waals surface area contributed by atoms with Gasteiger partial charge in [-0.05, 0) is 11.6 Å². The van der Waals surface area contributed by atoms with Gasteiger partial charge in [-0.15, -0.1) is 0 Å². The molecule has 3 rings (SSSR count). The Balaban J connectivity index is 1.76. The number of ether oxygens (including phenoxy) is 2. The van der Waals surface area contributed by atoms with Crippen LogP contribution in [0.5, 0.6) is 5.75 Å². The van der Waals surface area contributed by atoms with Gasteiger partial charge in [0.05, 0.1) is 12.7 Å². The van der Waals surface area contributed by atoms with Crippen molar-refractivity contribution in [2.24, 2.45) is 0 Å². The van der Waals surface area contributed by atoms with E-state index in [1.54, 1.807) is 0 Å². The Hall–Kier alpha value is -2.55. The number of rotatable bonds is 4. The number of carbonyl (C=O) groups is 1. The first-order valence-electron chi connectivity index (χ1n) is 6.93. The van der Waals surface area contributed by atoms with Gasteiger partial charge in [0, 0.05) is 11.6 Å². The molecule has 0 spiro atoms. The lowest BCUT2D eigenvalue weighted by Gasteiger charge is -2.21. The Morgan fingerprint density at radius 3 is 2.62 bits per heavy atom. The molecule has 2 aromatic carbocycles. The van der Waals surface area contributed by atoms with Crippen molar-refractivity contribution in [2.45, 2.75) is 19.1 Å². The molecule has 0 bridgehead atoms. The van der Waals surface area contributed by atoms with Crippen LogP contribution >= 0.6 is 0 Å². The molecule has 0 saturated carbocycles. The van der Waals surface area contributed by atoms with Gasteiger partial charge in [0.15, 0.2) is 5.78 Å². The van der Waals surface area contributed by atoms with Gasteiger partial charge in [-0.1, -0.05) is 48.5 Å². The van der Waals surface area contributed by atoms with Crippen LogP contribution in [0.3, 0.4) is 0 Å². The van der Waals surface area contributed by atoms with Gasteiger partial charge < -0.3 is 9.47 Å². The third-order valence-electron chi connectivity index (χ3n) is 3.39. The molecule has 0 aromatic heterocycles. The predicted octanol–water partition coefficient (Wildman–Crippen LogP) is 3.81. The Morgan fingerprint density at radius 2 is 1.81 bits per heavy atom. The first kappa shape index (κ1) is 13.4. The van der Waals surface area contributed by atoms with Crippen LogP contribution in [0.2, 0.25) is 0 Å². The maximum Gasteiger partial charge on any atom is 0.162 e. The van der Waals surface area contributed by atoms with Gasteiger partial charge >= 0.3 is 0 Å². The quantitative estimate of drug-likeness (QED) is 0.854. The van der Waals surface area contributed by atoms with Crippen molar-refractivity contribution in [3.63, 3.8) is 0 Å². The molecule has 0 fully saturated rings. The molecule has 1 aliphatic heterocycles. The van der Waals surface area contributed by atoms with Crippen LogP contribution in [0.25, 0.3) is 0 Å². The van der Waals surface area contributed by atoms with Crippen LogP contribution < -0.4 is 4.74 Å². The van der Waals surface area contributed by atoms with Crippen LogP contribution in [-0.4, -0.2) is 5.78 Å². The van der Waals surface area contributed by atoms with Crippen molar-refractivity contribution < 1.29 is 14.3 Å². The van der Waals surface area contributed by atoms with Crippen LogP contribution in [0, 0.1) is 0 Å². The molecule has 3 heteroatoms. The average molecular weight is 280 g/mol. The minimum Gasteiger partial charge on any atom is -0.493 e. The third kappa shape index (κ3) is 3.31. The van der Waals surface area contributed by atoms with E-state index >= 15 is 0 Å². The molecule has 0 saturated heterocycles. The van der Waals surface area contributed by atoms with Gasteiger partial charge in [-0.3, -0.25) is 4.79 Å². The third-order valence-corrected chi connectivity index (χ3v) is 3.39. The molecule has 0 amide bonds. The van der Waals surface area contributed by atoms with Crippen LogP contribution in [0.4, 0.5) is 0 Å². The second-order valence-corrected chi connectivity index (χ2v) is 4.91. The fourth-order valence-corrected chi connectivity index (χ4v) is 2.31. The summed E-state index contributed by atoms with van der Waals surface area (Å²) in [6.45, 7) is 0.494. The highest BCUT2D eigenvalue weighted by molar-refractivity contribution is 5.90. The maximum absolute atomic E-state index is 11.5. The van der Waals surface area contributed by atoms with Crippen LogP contribution in [0.15, 0.2) is 66.9 Å². The van der Waals surface area contributed by atoms with E-state index in [-0.39, 0.29) is 11.9 Å². The molecule has 0 radical (unpaired) electrons. The fourth-order valence-electron chi connectivity index (χ4n) is 2.31. The number of ketones is 1. The summed E-state index contributed by atoms with van der Waals surface area (Å²) in [6.07, 6.45) is 3.01. The minimum absolute atomic E-state index is 0.0733. The lowest BCUT2D eigenvalue weighted by atomic mass is 10.0. The van der Waals surface area contributed by atoms with Crippen molar-refractivity contribution in [1.29, 1.82) is 0 Å². The van der Waals surface area contributed by atoms with Gasteiger partial charge in [0.25, 0.3) is 0 Å². The SMILES string of the molecule is O=C1C=CO[C@H](c2ccccc2OCc2ccccc2)C1. The van der Waals surface area contributed by atoms with Crippen molar-refractivity contribution in [3.05, 3.63) is 78.1 Å². The summed E-state index contributed by atoms with van der Waals surface area (Å²) in [5, 5.41) is 0. The molecule has 1 aliphatic rings. The molecule has 0 aliphatic carbocycles. The van der Waals surface area contributed by atoms with Crippen molar-refractivity contribution in [1.82, 2.24) is 0 Å². The van der Waals surface area contributed by atoms with E-state index in [4.69, 9.17) is 9.47 Å². The zero-order chi connectivity index (χ0) is 14.5. The number of hydrogen-bond acceptors (Lipinski definition) is 3. The largest absolute Gasteiger partial charge is 0.493 e. The maximum atomic E-state index is 11.5. The molecule has 0 N–H and O–H groups in total. The Kier molecular flexibility index (Phi) is 4.01. The first-order valence-corrected chi connectivity index (χ1v) is 6.93. The number of hydrogen-bond donors (Lipinski definition) is 0. The molecule has 1 heterocycles. The topological polar surface area (TPSA) is 35.5 Å². The van der Waals surface area contributed by atoms with Gasteiger partial charge in [0.2, 0.25) is 0 Å². The van der Waals surface area contributed by atoms with Crippen molar-refractivity contribution >= 4 is 5.78 Å². The Bertz CT molecular complexity index is 647. The highest BCUT2D eigenvalue weighted by Crippen LogP contribution is 2.32. The summed E-state index contributed by atoms with van der Waals surface area (Å²) in [4.78, 5) is 11.5. The summed E-state index contributed by atoms with van der Waals surface area (Å²) < 4.78 is 11.4. The van der Waals surface area contributed by atoms with E-state index in [0.29, 0.717) is 13.0 Å². The minimum atomic E-state index is -0.269. The van der Waals surface area contributed by atoms with Gasteiger partial charge in [-0.2, -0.15) is 0 Å². The lowest BCUT2D eigenvalue weighted by molar-refractivity contribution is -0.118. The fraction of sp³-hybridized carbons (Fsp3) is 0.167. The predicted molar refractivity (Wildman–Crippen MR) is 79.8 cm³/mol. The molecule has 106 valence electrons. The highest BCUT2D eigenvalue weighted by atomic mass is 16.5. The molecule has 21 heavy (non-hydrogen) atoms. The summed E-state index contributed by atoms with van der Waals surface area (Å²) in [5.74, 6) is 0.832. The average Bonchev–Trinajstić information content (AvgIpc) is 2.54. The van der Waals surface area contributed by atoms with Gasteiger partial charge in [-0.25, -0.2) is 0 Å². The molecular formula is C18H16O3. The monoisotopic (exact) mass is 280 g/mol. The molecule has 3 nitrogen and oxygen atoms in total. The number of carbonyl (C=O) groups excluding carboxylic acids is 1. The number of para-hydroxylation sites is 1. The second-order valence-electron chi connectivity index (χ2n) is 4.91. The van der Waals surface area contributed by atoms with Crippen LogP contribution in [0.1, 0.15) is 23.7 Å². The Labute approximate surface area is 123 Å². The van der Waals surface area contributed by atoms with Crippen molar-refractivity contribution in [3.8, 4) is 5.75 Å². The summed E-state index contributed by atoms with van der Waals surface area (Å²) in [5.41, 5.74) is 2.01. The Morgan fingerprint density at radius 1 is 1.05 bits per heavy atom. The molecular weight excluding hydrogens is 264 g/mol. The van der Waals surface area contributed by atoms with Crippen molar-refractivity contribution in [2.75, 3.05) is 0 Å². The molecule has 0 unspecified atom stereocenters. The first-order chi connectivity index (χ1) is 10.3. The van der Waals surface area contributed by atoms with E-state index in [1.807, 2.05) is 54.6 Å². The lowest BCUT2D eigenvalue weighted by Crippen LogP contribution is -2.12. The van der Waals surface area contributed by atoms with E-state index in [1.165, 1.54) is 12.3 Å². The smallest absolute Gasteiger partial charge is 0.162 e. The van der Waals surface area contributed by atoms with E-state index in [9.17, 15) is 4.79 Å². The summed E-state index contributed by atoms with van der Waals surface area (Å²) >= 11 is 0.